The Labute approximate surface area is 135 Å². The maximum atomic E-state index is 13.5. The predicted octanol–water partition coefficient (Wildman–Crippen LogP) is 3.60. The number of carbonyl (C=O) groups is 2. The molecule has 1 N–H and O–H groups in total. The molecule has 0 bridgehead atoms. The first-order valence-electron chi connectivity index (χ1n) is 7.88. The Balaban J connectivity index is 2.41. The van der Waals surface area contributed by atoms with Gasteiger partial charge in [-0.1, -0.05) is 38.7 Å². The van der Waals surface area contributed by atoms with E-state index in [-0.39, 0.29) is 6.61 Å². The van der Waals surface area contributed by atoms with Crippen LogP contribution in [0.15, 0.2) is 18.2 Å². The number of nitrogens with one attached hydrogen (secondary N) is 1. The van der Waals surface area contributed by atoms with Crippen LogP contribution in [0.4, 0.5) is 8.78 Å². The van der Waals surface area contributed by atoms with Gasteiger partial charge in [-0.25, -0.2) is 13.6 Å². The molecule has 4 nitrogen and oxygen atoms in total. The SMILES string of the molecule is CCCCCCCOC(=O)[C@H](C)NC(=O)c1c(F)cccc1F. The summed E-state index contributed by atoms with van der Waals surface area (Å²) >= 11 is 0. The van der Waals surface area contributed by atoms with Crippen LogP contribution >= 0.6 is 0 Å². The second-order valence-electron chi connectivity index (χ2n) is 5.37. The second kappa shape index (κ2) is 9.92. The van der Waals surface area contributed by atoms with Crippen LogP contribution in [0.2, 0.25) is 0 Å². The maximum Gasteiger partial charge on any atom is 0.328 e. The fourth-order valence-electron chi connectivity index (χ4n) is 2.05. The lowest BCUT2D eigenvalue weighted by molar-refractivity contribution is -0.145. The molecule has 6 heteroatoms. The van der Waals surface area contributed by atoms with E-state index in [0.717, 1.165) is 50.3 Å². The van der Waals surface area contributed by atoms with Crippen molar-refractivity contribution in [3.63, 3.8) is 0 Å². The molecule has 0 aliphatic carbocycles. The molecule has 0 spiro atoms. The number of halogens is 2. The smallest absolute Gasteiger partial charge is 0.328 e. The van der Waals surface area contributed by atoms with Gasteiger partial charge in [-0.2, -0.15) is 0 Å². The minimum Gasteiger partial charge on any atom is -0.464 e. The van der Waals surface area contributed by atoms with Gasteiger partial charge in [0.1, 0.15) is 23.2 Å². The maximum absolute atomic E-state index is 13.5. The Morgan fingerprint density at radius 1 is 1.13 bits per heavy atom. The minimum absolute atomic E-state index is 0.275. The van der Waals surface area contributed by atoms with Gasteiger partial charge in [0.2, 0.25) is 0 Å². The van der Waals surface area contributed by atoms with Crippen LogP contribution in [0.1, 0.15) is 56.3 Å². The van der Waals surface area contributed by atoms with E-state index in [1.54, 1.807) is 0 Å². The van der Waals surface area contributed by atoms with Gasteiger partial charge in [0, 0.05) is 0 Å². The summed E-state index contributed by atoms with van der Waals surface area (Å²) in [4.78, 5) is 23.6. The average Bonchev–Trinajstić information content (AvgIpc) is 2.50. The Bertz CT molecular complexity index is 514. The summed E-state index contributed by atoms with van der Waals surface area (Å²) in [5, 5.41) is 2.25. The molecule has 0 aliphatic heterocycles. The molecule has 0 radical (unpaired) electrons. The van der Waals surface area contributed by atoms with Gasteiger partial charge in [-0.3, -0.25) is 4.79 Å². The zero-order valence-electron chi connectivity index (χ0n) is 13.5. The normalized spacial score (nSPS) is 11.8. The molecule has 0 heterocycles. The van der Waals surface area contributed by atoms with Gasteiger partial charge in [-0.05, 0) is 25.5 Å². The van der Waals surface area contributed by atoms with Crippen molar-refractivity contribution < 1.29 is 23.1 Å². The molecule has 0 aliphatic rings. The average molecular weight is 327 g/mol. The van der Waals surface area contributed by atoms with E-state index in [1.165, 1.54) is 6.92 Å². The molecule has 0 saturated heterocycles. The van der Waals surface area contributed by atoms with Crippen LogP contribution in [-0.2, 0) is 9.53 Å². The third-order valence-corrected chi connectivity index (χ3v) is 3.38. The van der Waals surface area contributed by atoms with Crippen LogP contribution in [0, 0.1) is 11.6 Å². The van der Waals surface area contributed by atoms with E-state index in [0.29, 0.717) is 0 Å². The van der Waals surface area contributed by atoms with Crippen molar-refractivity contribution in [3.8, 4) is 0 Å². The van der Waals surface area contributed by atoms with Gasteiger partial charge in [0.25, 0.3) is 5.91 Å². The standard InChI is InChI=1S/C17H23F2NO3/c1-3-4-5-6-7-11-23-17(22)12(2)20-16(21)15-13(18)9-8-10-14(15)19/h8-10,12H,3-7,11H2,1-2H3,(H,20,21)/t12-/m0/s1. The third-order valence-electron chi connectivity index (χ3n) is 3.38. The van der Waals surface area contributed by atoms with E-state index in [4.69, 9.17) is 4.74 Å². The fourth-order valence-corrected chi connectivity index (χ4v) is 2.05. The molecule has 1 rings (SSSR count). The van der Waals surface area contributed by atoms with Crippen LogP contribution in [0.5, 0.6) is 0 Å². The quantitative estimate of drug-likeness (QED) is 0.557. The van der Waals surface area contributed by atoms with Crippen LogP contribution < -0.4 is 5.32 Å². The summed E-state index contributed by atoms with van der Waals surface area (Å²) in [5.41, 5.74) is -0.702. The lowest BCUT2D eigenvalue weighted by Crippen LogP contribution is -2.40. The van der Waals surface area contributed by atoms with E-state index < -0.39 is 35.1 Å². The number of unbranched alkanes of at least 4 members (excludes halogenated alkanes) is 4. The van der Waals surface area contributed by atoms with Crippen LogP contribution in [0.25, 0.3) is 0 Å². The molecule has 23 heavy (non-hydrogen) atoms. The molecular weight excluding hydrogens is 304 g/mol. The fraction of sp³-hybridized carbons (Fsp3) is 0.529. The van der Waals surface area contributed by atoms with Crippen molar-refractivity contribution in [1.29, 1.82) is 0 Å². The first kappa shape index (κ1) is 19.1. The molecule has 0 saturated carbocycles. The van der Waals surface area contributed by atoms with Gasteiger partial charge >= 0.3 is 5.97 Å². The summed E-state index contributed by atoms with van der Waals surface area (Å²) in [6.07, 6.45) is 5.10. The van der Waals surface area contributed by atoms with E-state index in [9.17, 15) is 18.4 Å². The number of hydrogen-bond acceptors (Lipinski definition) is 3. The van der Waals surface area contributed by atoms with E-state index in [2.05, 4.69) is 12.2 Å². The first-order valence-corrected chi connectivity index (χ1v) is 7.88. The Hall–Kier alpha value is -1.98. The Morgan fingerprint density at radius 2 is 1.74 bits per heavy atom. The van der Waals surface area contributed by atoms with Crippen LogP contribution in [-0.4, -0.2) is 24.5 Å². The monoisotopic (exact) mass is 327 g/mol. The number of carbonyl (C=O) groups excluding carboxylic acids is 2. The molecule has 1 aromatic carbocycles. The highest BCUT2D eigenvalue weighted by Crippen LogP contribution is 2.12. The van der Waals surface area contributed by atoms with E-state index in [1.807, 2.05) is 0 Å². The van der Waals surface area contributed by atoms with Crippen molar-refractivity contribution in [2.45, 2.75) is 52.0 Å². The molecule has 0 aromatic heterocycles. The number of esters is 1. The summed E-state index contributed by atoms with van der Waals surface area (Å²) in [6.45, 7) is 3.80. The zero-order chi connectivity index (χ0) is 17.2. The van der Waals surface area contributed by atoms with Crippen molar-refractivity contribution >= 4 is 11.9 Å². The molecule has 1 atom stereocenters. The zero-order valence-corrected chi connectivity index (χ0v) is 13.5. The summed E-state index contributed by atoms with van der Waals surface area (Å²) in [7, 11) is 0. The molecule has 128 valence electrons. The van der Waals surface area contributed by atoms with E-state index >= 15 is 0 Å². The largest absolute Gasteiger partial charge is 0.464 e. The lowest BCUT2D eigenvalue weighted by atomic mass is 10.1. The Kier molecular flexibility index (Phi) is 8.22. The number of benzene rings is 1. The molecule has 0 fully saturated rings. The van der Waals surface area contributed by atoms with Gasteiger partial charge in [0.15, 0.2) is 0 Å². The van der Waals surface area contributed by atoms with Crippen molar-refractivity contribution in [2.75, 3.05) is 6.61 Å². The van der Waals surface area contributed by atoms with Crippen molar-refractivity contribution in [2.24, 2.45) is 0 Å². The molecule has 0 unspecified atom stereocenters. The van der Waals surface area contributed by atoms with Gasteiger partial charge in [-0.15, -0.1) is 0 Å². The Morgan fingerprint density at radius 3 is 2.35 bits per heavy atom. The third kappa shape index (κ3) is 6.34. The topological polar surface area (TPSA) is 55.4 Å². The highest BCUT2D eigenvalue weighted by Gasteiger charge is 2.22. The summed E-state index contributed by atoms with van der Waals surface area (Å²) < 4.78 is 32.0. The number of ether oxygens (including phenoxy) is 1. The molecular formula is C17H23F2NO3. The second-order valence-corrected chi connectivity index (χ2v) is 5.37. The summed E-state index contributed by atoms with van der Waals surface area (Å²) in [5.74, 6) is -3.54. The summed E-state index contributed by atoms with van der Waals surface area (Å²) in [6, 6.07) is 2.16. The van der Waals surface area contributed by atoms with Gasteiger partial charge in [0.05, 0.1) is 6.61 Å². The molecule has 1 amide bonds. The minimum atomic E-state index is -0.979. The van der Waals surface area contributed by atoms with Crippen LogP contribution in [0.3, 0.4) is 0 Å². The highest BCUT2D eigenvalue weighted by molar-refractivity contribution is 5.97. The first-order chi connectivity index (χ1) is 11.0. The predicted molar refractivity (Wildman–Crippen MR) is 83.0 cm³/mol. The molecule has 1 aromatic rings. The number of hydrogen-bond donors (Lipinski definition) is 1. The van der Waals surface area contributed by atoms with Crippen molar-refractivity contribution in [1.82, 2.24) is 5.32 Å². The number of rotatable bonds is 9. The van der Waals surface area contributed by atoms with Gasteiger partial charge < -0.3 is 10.1 Å². The highest BCUT2D eigenvalue weighted by atomic mass is 19.1. The lowest BCUT2D eigenvalue weighted by Gasteiger charge is -2.14. The number of amides is 1. The van der Waals surface area contributed by atoms with Crippen molar-refractivity contribution in [3.05, 3.63) is 35.4 Å².